The van der Waals surface area contributed by atoms with E-state index >= 15 is 0 Å². The lowest BCUT2D eigenvalue weighted by molar-refractivity contribution is -0.110. The molecule has 1 N–H and O–H groups in total. The number of rotatable bonds is 16. The van der Waals surface area contributed by atoms with Gasteiger partial charge in [0, 0.05) is 12.1 Å². The Morgan fingerprint density at radius 3 is 2.33 bits per heavy atom. The molecule has 0 bridgehead atoms. The van der Waals surface area contributed by atoms with Crippen LogP contribution in [-0.2, 0) is 25.4 Å². The van der Waals surface area contributed by atoms with E-state index < -0.39 is 6.16 Å². The molecule has 1 heterocycles. The van der Waals surface area contributed by atoms with Crippen LogP contribution in [0.15, 0.2) is 66.4 Å². The molecular weight excluding hydrogens is 646 g/mol. The van der Waals surface area contributed by atoms with E-state index in [-0.39, 0.29) is 24.8 Å². The molecule has 0 amide bonds. The number of allylic oxidation sites excluding steroid dienone is 3. The zero-order valence-electron chi connectivity index (χ0n) is 31.6. The number of hydrogen-bond acceptors (Lipinski definition) is 9. The van der Waals surface area contributed by atoms with Crippen LogP contribution in [0, 0.1) is 5.92 Å². The third-order valence-electron chi connectivity index (χ3n) is 8.62. The minimum atomic E-state index is -0.561. The van der Waals surface area contributed by atoms with E-state index in [0.29, 0.717) is 5.56 Å². The molecule has 9 nitrogen and oxygen atoms in total. The van der Waals surface area contributed by atoms with Crippen molar-refractivity contribution < 1.29 is 38.1 Å². The van der Waals surface area contributed by atoms with Gasteiger partial charge in [-0.15, -0.1) is 0 Å². The summed E-state index contributed by atoms with van der Waals surface area (Å²) in [6, 6.07) is 13.2. The van der Waals surface area contributed by atoms with E-state index in [2.05, 4.69) is 29.1 Å². The van der Waals surface area contributed by atoms with Crippen molar-refractivity contribution in [3.05, 3.63) is 77.5 Å². The average molecular weight is 708 g/mol. The SMILES string of the molecule is CCCCCCCCCCC(C)C=O.COC(=O)OC1CC/C=C\CCC1.COC(=O)c1ccccc1N/C=C(\C)Cc1ccc2c(c1)OCO2. The van der Waals surface area contributed by atoms with Gasteiger partial charge in [0.1, 0.15) is 12.4 Å². The highest BCUT2D eigenvalue weighted by atomic mass is 16.7. The van der Waals surface area contributed by atoms with Crippen LogP contribution in [0.4, 0.5) is 10.5 Å². The van der Waals surface area contributed by atoms with Gasteiger partial charge in [0.25, 0.3) is 0 Å². The molecule has 51 heavy (non-hydrogen) atoms. The quantitative estimate of drug-likeness (QED) is 0.0789. The molecule has 2 atom stereocenters. The topological polar surface area (TPSA) is 109 Å². The molecule has 0 fully saturated rings. The maximum atomic E-state index is 11.8. The second-order valence-electron chi connectivity index (χ2n) is 13.1. The molecular formula is C42H61NO8. The van der Waals surface area contributed by atoms with E-state index in [1.54, 1.807) is 12.1 Å². The maximum absolute atomic E-state index is 11.8. The Kier molecular flexibility index (Phi) is 22.3. The Morgan fingerprint density at radius 1 is 0.902 bits per heavy atom. The van der Waals surface area contributed by atoms with E-state index in [4.69, 9.17) is 18.9 Å². The van der Waals surface area contributed by atoms with Crippen LogP contribution in [0.5, 0.6) is 11.5 Å². The lowest BCUT2D eigenvalue weighted by Gasteiger charge is -2.17. The van der Waals surface area contributed by atoms with Crippen LogP contribution in [0.2, 0.25) is 0 Å². The minimum absolute atomic E-state index is 0.0393. The predicted molar refractivity (Wildman–Crippen MR) is 203 cm³/mol. The van der Waals surface area contributed by atoms with Gasteiger partial charge >= 0.3 is 12.1 Å². The molecule has 2 aliphatic rings. The highest BCUT2D eigenvalue weighted by Crippen LogP contribution is 2.33. The largest absolute Gasteiger partial charge is 0.508 e. The fourth-order valence-electron chi connectivity index (χ4n) is 5.62. The lowest BCUT2D eigenvalue weighted by Crippen LogP contribution is -2.18. The number of para-hydroxylation sites is 1. The Labute approximate surface area is 306 Å². The zero-order valence-corrected chi connectivity index (χ0v) is 31.6. The summed E-state index contributed by atoms with van der Waals surface area (Å²) in [5.41, 5.74) is 3.48. The summed E-state index contributed by atoms with van der Waals surface area (Å²) < 4.78 is 25.0. The van der Waals surface area contributed by atoms with Crippen molar-refractivity contribution in [3.63, 3.8) is 0 Å². The highest BCUT2D eigenvalue weighted by Gasteiger charge is 2.15. The van der Waals surface area contributed by atoms with Crippen LogP contribution < -0.4 is 14.8 Å². The van der Waals surface area contributed by atoms with Gasteiger partial charge in [-0.25, -0.2) is 9.59 Å². The van der Waals surface area contributed by atoms with Crippen molar-refractivity contribution in [2.24, 2.45) is 5.92 Å². The van der Waals surface area contributed by atoms with Crippen molar-refractivity contribution in [2.75, 3.05) is 26.3 Å². The Hall–Kier alpha value is -4.27. The van der Waals surface area contributed by atoms with Gasteiger partial charge in [-0.2, -0.15) is 0 Å². The third kappa shape index (κ3) is 18.5. The van der Waals surface area contributed by atoms with Gasteiger partial charge in [0.15, 0.2) is 11.5 Å². The minimum Gasteiger partial charge on any atom is -0.465 e. The van der Waals surface area contributed by atoms with Gasteiger partial charge in [-0.3, -0.25) is 0 Å². The Balaban J connectivity index is 0.000000287. The summed E-state index contributed by atoms with van der Waals surface area (Å²) in [5.74, 6) is 1.48. The van der Waals surface area contributed by atoms with E-state index in [9.17, 15) is 14.4 Å². The number of methoxy groups -OCH3 is 2. The number of anilines is 1. The van der Waals surface area contributed by atoms with E-state index in [1.807, 2.05) is 50.4 Å². The van der Waals surface area contributed by atoms with Gasteiger partial charge in [-0.05, 0) is 81.7 Å². The number of benzene rings is 2. The fraction of sp³-hybridized carbons (Fsp3) is 0.548. The molecule has 9 heteroatoms. The number of esters is 1. The predicted octanol–water partition coefficient (Wildman–Crippen LogP) is 10.8. The summed E-state index contributed by atoms with van der Waals surface area (Å²) in [6.45, 7) is 6.56. The highest BCUT2D eigenvalue weighted by molar-refractivity contribution is 5.95. The molecule has 0 spiro atoms. The molecule has 2 aromatic carbocycles. The summed E-state index contributed by atoms with van der Waals surface area (Å²) in [7, 11) is 2.71. The van der Waals surface area contributed by atoms with Crippen molar-refractivity contribution in [1.29, 1.82) is 0 Å². The normalized spacial score (nSPS) is 16.0. The summed E-state index contributed by atoms with van der Waals surface area (Å²) in [6.07, 6.45) is 24.4. The van der Waals surface area contributed by atoms with E-state index in [0.717, 1.165) is 79.6 Å². The monoisotopic (exact) mass is 707 g/mol. The first-order valence-electron chi connectivity index (χ1n) is 18.6. The van der Waals surface area contributed by atoms with Crippen LogP contribution in [0.3, 0.4) is 0 Å². The van der Waals surface area contributed by atoms with Crippen LogP contribution in [0.1, 0.15) is 127 Å². The Morgan fingerprint density at radius 2 is 1.61 bits per heavy atom. The number of aldehydes is 1. The number of nitrogens with one attached hydrogen (secondary N) is 1. The zero-order chi connectivity index (χ0) is 37.1. The van der Waals surface area contributed by atoms with Crippen molar-refractivity contribution in [3.8, 4) is 11.5 Å². The summed E-state index contributed by atoms with van der Waals surface area (Å²) >= 11 is 0. The second-order valence-corrected chi connectivity index (χ2v) is 13.1. The van der Waals surface area contributed by atoms with Crippen LogP contribution in [0.25, 0.3) is 0 Å². The van der Waals surface area contributed by atoms with Crippen LogP contribution >= 0.6 is 0 Å². The number of hydrogen-bond donors (Lipinski definition) is 1. The molecule has 4 rings (SSSR count). The van der Waals surface area contributed by atoms with E-state index in [1.165, 1.54) is 65.6 Å². The molecule has 0 saturated heterocycles. The van der Waals surface area contributed by atoms with Crippen LogP contribution in [-0.4, -0.2) is 45.5 Å². The standard InChI is InChI=1S/C19H19NO4.C13H26O.C10H16O3/c1-13(9-14-7-8-17-18(10-14)24-12-23-17)11-20-16-6-4-3-5-15(16)19(21)22-2;1-3-4-5-6-7-8-9-10-11-13(2)12-14;1-12-10(11)13-9-7-5-3-2-4-6-8-9/h3-8,10-11,20H,9,12H2,1-2H3;12-13H,3-11H2,1-2H3;2-3,9H,4-8H2,1H3/b13-11+;;3-2-. The number of unbranched alkanes of at least 4 members (excludes halogenated alkanes) is 7. The molecule has 282 valence electrons. The number of fused-ring (bicyclic) bond motifs is 1. The number of ether oxygens (including phenoxy) is 5. The van der Waals surface area contributed by atoms with Gasteiger partial charge in [-0.1, -0.05) is 101 Å². The van der Waals surface area contributed by atoms with Crippen molar-refractivity contribution in [1.82, 2.24) is 0 Å². The average Bonchev–Trinajstić information content (AvgIpc) is 3.61. The number of carbonyl (C=O) groups is 3. The first-order chi connectivity index (χ1) is 24.8. The lowest BCUT2D eigenvalue weighted by atomic mass is 10.0. The fourth-order valence-corrected chi connectivity index (χ4v) is 5.62. The van der Waals surface area contributed by atoms with Crippen molar-refractivity contribution >= 4 is 24.1 Å². The summed E-state index contributed by atoms with van der Waals surface area (Å²) in [4.78, 5) is 32.9. The first-order valence-corrected chi connectivity index (χ1v) is 18.6. The molecule has 0 radical (unpaired) electrons. The Bertz CT molecular complexity index is 1350. The molecule has 0 aromatic heterocycles. The van der Waals surface area contributed by atoms with Crippen molar-refractivity contribution in [2.45, 2.75) is 123 Å². The molecule has 1 aliphatic heterocycles. The smallest absolute Gasteiger partial charge is 0.465 e. The maximum Gasteiger partial charge on any atom is 0.508 e. The second kappa shape index (κ2) is 26.5. The molecule has 0 saturated carbocycles. The molecule has 2 unspecified atom stereocenters. The number of carbonyl (C=O) groups excluding carboxylic acids is 3. The molecule has 2 aromatic rings. The first kappa shape index (κ1) is 42.9. The third-order valence-corrected chi connectivity index (χ3v) is 8.62. The van der Waals surface area contributed by atoms with Gasteiger partial charge in [0.05, 0.1) is 25.5 Å². The molecule has 1 aliphatic carbocycles. The van der Waals surface area contributed by atoms with Gasteiger partial charge in [0.2, 0.25) is 6.79 Å². The van der Waals surface area contributed by atoms with Gasteiger partial charge < -0.3 is 33.8 Å². The summed E-state index contributed by atoms with van der Waals surface area (Å²) in [5, 5.41) is 3.18.